The number of likely N-dealkylation sites (N-methyl/N-ethyl adjacent to an activating group) is 1. The van der Waals surface area contributed by atoms with E-state index in [0.29, 0.717) is 5.02 Å². The summed E-state index contributed by atoms with van der Waals surface area (Å²) in [6.07, 6.45) is 7.20. The van der Waals surface area contributed by atoms with Gasteiger partial charge in [0, 0.05) is 42.0 Å². The van der Waals surface area contributed by atoms with Crippen molar-refractivity contribution >= 4 is 39.7 Å². The molecule has 0 aliphatic carbocycles. The Balaban J connectivity index is 1.49. The predicted molar refractivity (Wildman–Crippen MR) is 129 cm³/mol. The topological polar surface area (TPSA) is 40.6 Å². The molecule has 4 rings (SSSR count). The number of aromatic nitrogens is 3. The minimum absolute atomic E-state index is 0.648. The highest BCUT2D eigenvalue weighted by Gasteiger charge is 2.16. The van der Waals surface area contributed by atoms with Gasteiger partial charge in [-0.2, -0.15) is 5.11 Å². The third-order valence-electron chi connectivity index (χ3n) is 5.70. The lowest BCUT2D eigenvalue weighted by Gasteiger charge is -2.23. The van der Waals surface area contributed by atoms with Crippen molar-refractivity contribution in [1.82, 2.24) is 4.57 Å². The summed E-state index contributed by atoms with van der Waals surface area (Å²) < 4.78 is 6.12. The second-order valence-electron chi connectivity index (χ2n) is 8.05. The molecule has 0 unspecified atom stereocenters. The van der Waals surface area contributed by atoms with Crippen molar-refractivity contribution in [2.24, 2.45) is 31.4 Å². The maximum absolute atomic E-state index is 6.31. The maximum Gasteiger partial charge on any atom is 0.244 e. The molecule has 0 atom stereocenters. The van der Waals surface area contributed by atoms with E-state index >= 15 is 0 Å². The molecular formula is C25H29ClN6+2. The smallest absolute Gasteiger partial charge is 0.244 e. The monoisotopic (exact) mass is 448 g/mol. The van der Waals surface area contributed by atoms with Crippen LogP contribution in [0, 0.1) is 0 Å². The van der Waals surface area contributed by atoms with Crippen LogP contribution < -0.4 is 14.0 Å². The molecule has 0 bridgehead atoms. The summed E-state index contributed by atoms with van der Waals surface area (Å²) in [6, 6.07) is 16.4. The largest absolute Gasteiger partial charge is 0.371 e. The lowest BCUT2D eigenvalue weighted by molar-refractivity contribution is -0.671. The lowest BCUT2D eigenvalue weighted by Crippen LogP contribution is -2.27. The number of benzene rings is 2. The normalized spacial score (nSPS) is 11.5. The molecule has 0 saturated carbocycles. The number of hydrogen-bond acceptors (Lipinski definition) is 3. The van der Waals surface area contributed by atoms with Crippen LogP contribution >= 0.6 is 11.6 Å². The first-order valence-corrected chi connectivity index (χ1v) is 11.2. The first-order chi connectivity index (χ1) is 15.4. The zero-order chi connectivity index (χ0) is 22.7. The van der Waals surface area contributed by atoms with E-state index in [2.05, 4.69) is 63.3 Å². The van der Waals surface area contributed by atoms with Crippen LogP contribution in [0.5, 0.6) is 0 Å². The Morgan fingerprint density at radius 2 is 1.72 bits per heavy atom. The van der Waals surface area contributed by atoms with E-state index in [9.17, 15) is 0 Å². The minimum atomic E-state index is 0.648. The SMILES string of the molecule is CCN(CCc1cc[n+](C)cc1)c1ccc(N=Nc2cc(Cl)cc3c2[n+](C)cn3C)cc1. The number of azo groups is 1. The molecule has 0 aliphatic rings. The first kappa shape index (κ1) is 22.0. The Bertz CT molecular complexity index is 1240. The number of aryl methyl sites for hydroxylation is 3. The Morgan fingerprint density at radius 3 is 2.41 bits per heavy atom. The molecule has 0 fully saturated rings. The van der Waals surface area contributed by atoms with Gasteiger partial charge in [-0.15, -0.1) is 5.11 Å². The van der Waals surface area contributed by atoms with Crippen molar-refractivity contribution in [2.75, 3.05) is 18.0 Å². The summed E-state index contributed by atoms with van der Waals surface area (Å²) in [4.78, 5) is 2.37. The Morgan fingerprint density at radius 1 is 1.00 bits per heavy atom. The zero-order valence-electron chi connectivity index (χ0n) is 19.0. The van der Waals surface area contributed by atoms with Crippen molar-refractivity contribution in [1.29, 1.82) is 0 Å². The number of anilines is 1. The molecule has 0 spiro atoms. The number of nitrogens with zero attached hydrogens (tertiary/aromatic N) is 6. The fourth-order valence-corrected chi connectivity index (χ4v) is 4.14. The van der Waals surface area contributed by atoms with Crippen LogP contribution in [-0.2, 0) is 27.6 Å². The number of rotatable bonds is 7. The predicted octanol–water partition coefficient (Wildman–Crippen LogP) is 4.97. The molecule has 2 aromatic heterocycles. The third-order valence-corrected chi connectivity index (χ3v) is 5.92. The van der Waals surface area contributed by atoms with Crippen LogP contribution in [0.4, 0.5) is 17.1 Å². The number of imidazole rings is 1. The van der Waals surface area contributed by atoms with Crippen LogP contribution in [0.1, 0.15) is 12.5 Å². The van der Waals surface area contributed by atoms with Crippen molar-refractivity contribution < 1.29 is 9.13 Å². The Hall–Kier alpha value is -3.25. The highest BCUT2D eigenvalue weighted by atomic mass is 35.5. The molecule has 32 heavy (non-hydrogen) atoms. The van der Waals surface area contributed by atoms with Crippen molar-refractivity contribution in [3.8, 4) is 0 Å². The van der Waals surface area contributed by atoms with E-state index in [0.717, 1.165) is 41.9 Å². The van der Waals surface area contributed by atoms with Gasteiger partial charge < -0.3 is 4.90 Å². The van der Waals surface area contributed by atoms with E-state index in [1.54, 1.807) is 0 Å². The summed E-state index contributed by atoms with van der Waals surface area (Å²) in [6.45, 7) is 4.10. The molecule has 2 aromatic carbocycles. The van der Waals surface area contributed by atoms with E-state index in [-0.39, 0.29) is 0 Å². The fraction of sp³-hybridized carbons (Fsp3) is 0.280. The molecule has 0 aliphatic heterocycles. The van der Waals surface area contributed by atoms with Gasteiger partial charge in [-0.3, -0.25) is 0 Å². The van der Waals surface area contributed by atoms with Gasteiger partial charge in [0.2, 0.25) is 11.8 Å². The molecule has 164 valence electrons. The average Bonchev–Trinajstić information content (AvgIpc) is 3.07. The maximum atomic E-state index is 6.31. The molecule has 4 aromatic rings. The Labute approximate surface area is 194 Å². The minimum Gasteiger partial charge on any atom is -0.371 e. The molecule has 2 heterocycles. The van der Waals surface area contributed by atoms with Gasteiger partial charge in [-0.1, -0.05) is 11.6 Å². The molecule has 7 heteroatoms. The number of hydrogen-bond donors (Lipinski definition) is 0. The van der Waals surface area contributed by atoms with E-state index < -0.39 is 0 Å². The number of halogens is 1. The number of pyridine rings is 1. The third kappa shape index (κ3) is 4.81. The van der Waals surface area contributed by atoms with Crippen LogP contribution in [0.3, 0.4) is 0 Å². The van der Waals surface area contributed by atoms with Gasteiger partial charge in [0.15, 0.2) is 17.9 Å². The molecule has 0 amide bonds. The first-order valence-electron chi connectivity index (χ1n) is 10.8. The summed E-state index contributed by atoms with van der Waals surface area (Å²) in [7, 11) is 6.03. The van der Waals surface area contributed by atoms with Crippen molar-refractivity contribution in [2.45, 2.75) is 13.3 Å². The number of fused-ring (bicyclic) bond motifs is 1. The average molecular weight is 449 g/mol. The lowest BCUT2D eigenvalue weighted by atomic mass is 10.2. The van der Waals surface area contributed by atoms with Crippen molar-refractivity contribution in [3.63, 3.8) is 0 Å². The van der Waals surface area contributed by atoms with E-state index in [4.69, 9.17) is 11.6 Å². The summed E-state index contributed by atoms with van der Waals surface area (Å²) in [5, 5.41) is 9.62. The van der Waals surface area contributed by atoms with E-state index in [1.165, 1.54) is 11.3 Å². The summed E-state index contributed by atoms with van der Waals surface area (Å²) >= 11 is 6.31. The quantitative estimate of drug-likeness (QED) is 0.291. The fourth-order valence-electron chi connectivity index (χ4n) is 3.93. The van der Waals surface area contributed by atoms with Gasteiger partial charge in [-0.05, 0) is 49.2 Å². The summed E-state index contributed by atoms with van der Waals surface area (Å²) in [5.74, 6) is 0. The van der Waals surface area contributed by atoms with Crippen molar-refractivity contribution in [3.05, 3.63) is 77.8 Å². The summed E-state index contributed by atoms with van der Waals surface area (Å²) in [5.41, 5.74) is 6.12. The highest BCUT2D eigenvalue weighted by molar-refractivity contribution is 6.31. The Kier molecular flexibility index (Phi) is 6.51. The van der Waals surface area contributed by atoms with Gasteiger partial charge in [0.05, 0.1) is 19.8 Å². The second kappa shape index (κ2) is 9.49. The molecular weight excluding hydrogens is 420 g/mol. The highest BCUT2D eigenvalue weighted by Crippen LogP contribution is 2.30. The second-order valence-corrected chi connectivity index (χ2v) is 8.48. The van der Waals surface area contributed by atoms with Gasteiger partial charge in [-0.25, -0.2) is 13.7 Å². The van der Waals surface area contributed by atoms with Crippen LogP contribution in [0.15, 0.2) is 77.5 Å². The van der Waals surface area contributed by atoms with Crippen LogP contribution in [-0.4, -0.2) is 17.7 Å². The zero-order valence-corrected chi connectivity index (χ0v) is 19.8. The van der Waals surface area contributed by atoms with Gasteiger partial charge in [0.25, 0.3) is 0 Å². The van der Waals surface area contributed by atoms with Gasteiger partial charge in [0.1, 0.15) is 12.7 Å². The van der Waals surface area contributed by atoms with E-state index in [1.807, 2.05) is 60.9 Å². The molecule has 0 N–H and O–H groups in total. The molecule has 0 saturated heterocycles. The molecule has 6 nitrogen and oxygen atoms in total. The standard InChI is InChI=1S/C25H29ClN6/c1-5-32(15-12-19-10-13-29(2)14-11-19)22-8-6-21(7-9-22)27-28-23-16-20(26)17-24-25(23)31(4)18-30(24)3/h6-11,13-14,16-18H,5,12,15H2,1-4H3/q+2. The van der Waals surface area contributed by atoms with Crippen LogP contribution in [0.25, 0.3) is 11.0 Å². The van der Waals surface area contributed by atoms with Gasteiger partial charge >= 0.3 is 0 Å². The molecule has 0 radical (unpaired) electrons. The van der Waals surface area contributed by atoms with Crippen LogP contribution in [0.2, 0.25) is 5.02 Å².